The Labute approximate surface area is 149 Å². The first-order chi connectivity index (χ1) is 11.1. The highest BCUT2D eigenvalue weighted by molar-refractivity contribution is 9.10. The third-order valence-corrected chi connectivity index (χ3v) is 5.13. The van der Waals surface area contributed by atoms with E-state index in [2.05, 4.69) is 34.8 Å². The number of ether oxygens (including phenoxy) is 1. The number of amides is 1. The smallest absolute Gasteiger partial charge is 0.273 e. The third kappa shape index (κ3) is 4.40. The Bertz CT molecular complexity index is 660. The highest BCUT2D eigenvalue weighted by atomic mass is 79.9. The first kappa shape index (κ1) is 18.1. The van der Waals surface area contributed by atoms with E-state index >= 15 is 0 Å². The van der Waals surface area contributed by atoms with Crippen molar-refractivity contribution < 1.29 is 9.53 Å². The summed E-state index contributed by atoms with van der Waals surface area (Å²) >= 11 is 5.03. The highest BCUT2D eigenvalue weighted by Gasteiger charge is 2.25. The monoisotopic (exact) mass is 396 g/mol. The second kappa shape index (κ2) is 8.57. The van der Waals surface area contributed by atoms with Gasteiger partial charge in [0.05, 0.1) is 12.6 Å². The van der Waals surface area contributed by atoms with Crippen LogP contribution >= 0.6 is 27.3 Å². The summed E-state index contributed by atoms with van der Waals surface area (Å²) in [6.45, 7) is 5.25. The third-order valence-electron chi connectivity index (χ3n) is 3.59. The van der Waals surface area contributed by atoms with E-state index in [1.807, 2.05) is 34.5 Å². The summed E-state index contributed by atoms with van der Waals surface area (Å²) in [4.78, 5) is 19.2. The number of halogens is 1. The van der Waals surface area contributed by atoms with Gasteiger partial charge in [0, 0.05) is 23.5 Å². The number of thiazole rings is 1. The Morgan fingerprint density at radius 3 is 2.83 bits per heavy atom. The molecule has 4 nitrogen and oxygen atoms in total. The molecule has 1 aromatic carbocycles. The molecule has 0 fully saturated rings. The van der Waals surface area contributed by atoms with Crippen molar-refractivity contribution in [2.75, 3.05) is 13.7 Å². The van der Waals surface area contributed by atoms with Crippen molar-refractivity contribution in [2.24, 2.45) is 0 Å². The molecule has 124 valence electrons. The van der Waals surface area contributed by atoms with Crippen LogP contribution in [0.4, 0.5) is 0 Å². The fourth-order valence-electron chi connectivity index (χ4n) is 2.44. The Morgan fingerprint density at radius 2 is 2.17 bits per heavy atom. The van der Waals surface area contributed by atoms with E-state index in [-0.39, 0.29) is 11.9 Å². The number of nitrogens with zero attached hydrogens (tertiary/aromatic N) is 2. The van der Waals surface area contributed by atoms with E-state index in [0.717, 1.165) is 21.5 Å². The van der Waals surface area contributed by atoms with Gasteiger partial charge in [0.25, 0.3) is 5.91 Å². The maximum Gasteiger partial charge on any atom is 0.273 e. The van der Waals surface area contributed by atoms with E-state index in [0.29, 0.717) is 18.8 Å². The van der Waals surface area contributed by atoms with Crippen LogP contribution in [0.3, 0.4) is 0 Å². The summed E-state index contributed by atoms with van der Waals surface area (Å²) in [5.74, 6) is -0.0336. The number of methoxy groups -OCH3 is 1. The Balaban J connectivity index is 2.25. The molecule has 1 amide bonds. The normalized spacial score (nSPS) is 12.2. The molecular weight excluding hydrogens is 376 g/mol. The van der Waals surface area contributed by atoms with Gasteiger partial charge in [-0.2, -0.15) is 0 Å². The number of rotatable bonds is 7. The lowest BCUT2D eigenvalue weighted by atomic mass is 10.1. The number of hydrogen-bond acceptors (Lipinski definition) is 4. The molecule has 23 heavy (non-hydrogen) atoms. The lowest BCUT2D eigenvalue weighted by Gasteiger charge is -2.29. The number of carbonyl (C=O) groups excluding carboxylic acids is 1. The van der Waals surface area contributed by atoms with Crippen LogP contribution in [0, 0.1) is 0 Å². The van der Waals surface area contributed by atoms with Gasteiger partial charge >= 0.3 is 0 Å². The van der Waals surface area contributed by atoms with Crippen molar-refractivity contribution >= 4 is 33.2 Å². The standard InChI is InChI=1S/C17H21BrN2O2S/c1-4-9-20(12(2)13-7-5-6-8-14(13)18)17(21)15-11-23-16(19-15)10-22-3/h5-8,11-12H,4,9-10H2,1-3H3. The number of hydrogen-bond donors (Lipinski definition) is 0. The van der Waals surface area contributed by atoms with E-state index in [1.54, 1.807) is 7.11 Å². The summed E-state index contributed by atoms with van der Waals surface area (Å²) in [6.07, 6.45) is 0.898. The van der Waals surface area contributed by atoms with Crippen LogP contribution in [-0.2, 0) is 11.3 Å². The maximum absolute atomic E-state index is 12.9. The molecule has 0 saturated heterocycles. The molecule has 6 heteroatoms. The Hall–Kier alpha value is -1.24. The number of benzene rings is 1. The van der Waals surface area contributed by atoms with Crippen molar-refractivity contribution in [3.8, 4) is 0 Å². The van der Waals surface area contributed by atoms with Crippen LogP contribution in [-0.4, -0.2) is 29.4 Å². The van der Waals surface area contributed by atoms with Gasteiger partial charge in [-0.25, -0.2) is 4.98 Å². The minimum Gasteiger partial charge on any atom is -0.378 e. The van der Waals surface area contributed by atoms with E-state index in [9.17, 15) is 4.79 Å². The molecule has 1 aromatic heterocycles. The zero-order chi connectivity index (χ0) is 16.8. The van der Waals surface area contributed by atoms with Gasteiger partial charge in [0.1, 0.15) is 10.7 Å². The Kier molecular flexibility index (Phi) is 6.74. The van der Waals surface area contributed by atoms with Crippen LogP contribution in [0.1, 0.15) is 47.4 Å². The van der Waals surface area contributed by atoms with E-state index in [4.69, 9.17) is 4.74 Å². The quantitative estimate of drug-likeness (QED) is 0.682. The first-order valence-corrected chi connectivity index (χ1v) is 9.24. The van der Waals surface area contributed by atoms with Crippen LogP contribution in [0.15, 0.2) is 34.1 Å². The SMILES string of the molecule is CCCN(C(=O)c1csc(COC)n1)C(C)c1ccccc1Br. The maximum atomic E-state index is 12.9. The fourth-order valence-corrected chi connectivity index (χ4v) is 3.79. The molecule has 0 aliphatic heterocycles. The molecule has 0 N–H and O–H groups in total. The molecule has 0 radical (unpaired) electrons. The topological polar surface area (TPSA) is 42.4 Å². The van der Waals surface area contributed by atoms with Gasteiger partial charge in [-0.05, 0) is 25.0 Å². The molecule has 1 unspecified atom stereocenters. The minimum atomic E-state index is -0.0336. The van der Waals surface area contributed by atoms with Crippen LogP contribution in [0.25, 0.3) is 0 Å². The molecule has 0 aliphatic rings. The molecule has 0 bridgehead atoms. The largest absolute Gasteiger partial charge is 0.378 e. The summed E-state index contributed by atoms with van der Waals surface area (Å²) in [7, 11) is 1.63. The molecule has 0 spiro atoms. The predicted molar refractivity (Wildman–Crippen MR) is 96.7 cm³/mol. The number of carbonyl (C=O) groups is 1. The lowest BCUT2D eigenvalue weighted by molar-refractivity contribution is 0.0684. The van der Waals surface area contributed by atoms with Crippen LogP contribution in [0.2, 0.25) is 0 Å². The second-order valence-electron chi connectivity index (χ2n) is 5.26. The first-order valence-electron chi connectivity index (χ1n) is 7.57. The molecule has 2 rings (SSSR count). The van der Waals surface area contributed by atoms with Crippen molar-refractivity contribution in [1.82, 2.24) is 9.88 Å². The van der Waals surface area contributed by atoms with Crippen LogP contribution < -0.4 is 0 Å². The van der Waals surface area contributed by atoms with Gasteiger partial charge in [0.2, 0.25) is 0 Å². The fraction of sp³-hybridized carbons (Fsp3) is 0.412. The van der Waals surface area contributed by atoms with Gasteiger partial charge in [-0.3, -0.25) is 4.79 Å². The van der Waals surface area contributed by atoms with E-state index < -0.39 is 0 Å². The van der Waals surface area contributed by atoms with Gasteiger partial charge in [-0.1, -0.05) is 41.1 Å². The molecule has 0 saturated carbocycles. The summed E-state index contributed by atoms with van der Waals surface area (Å²) in [6, 6.07) is 7.99. The lowest BCUT2D eigenvalue weighted by Crippen LogP contribution is -2.34. The molecule has 1 atom stereocenters. The molecular formula is C17H21BrN2O2S. The average Bonchev–Trinajstić information content (AvgIpc) is 3.01. The molecule has 1 heterocycles. The van der Waals surface area contributed by atoms with Gasteiger partial charge in [0.15, 0.2) is 0 Å². The summed E-state index contributed by atoms with van der Waals surface area (Å²) in [5, 5.41) is 2.63. The Morgan fingerprint density at radius 1 is 1.43 bits per heavy atom. The zero-order valence-corrected chi connectivity index (χ0v) is 16.0. The van der Waals surface area contributed by atoms with Crippen molar-refractivity contribution in [2.45, 2.75) is 32.9 Å². The minimum absolute atomic E-state index is 0.0226. The molecule has 0 aliphatic carbocycles. The predicted octanol–water partition coefficient (Wildman–Crippen LogP) is 4.67. The molecule has 2 aromatic rings. The van der Waals surface area contributed by atoms with Crippen molar-refractivity contribution in [3.63, 3.8) is 0 Å². The number of aromatic nitrogens is 1. The highest BCUT2D eigenvalue weighted by Crippen LogP contribution is 2.29. The van der Waals surface area contributed by atoms with Gasteiger partial charge in [-0.15, -0.1) is 11.3 Å². The average molecular weight is 397 g/mol. The van der Waals surface area contributed by atoms with Crippen molar-refractivity contribution in [3.05, 3.63) is 50.4 Å². The summed E-state index contributed by atoms with van der Waals surface area (Å²) < 4.78 is 6.09. The van der Waals surface area contributed by atoms with Crippen LogP contribution in [0.5, 0.6) is 0 Å². The van der Waals surface area contributed by atoms with E-state index in [1.165, 1.54) is 11.3 Å². The van der Waals surface area contributed by atoms with Gasteiger partial charge < -0.3 is 9.64 Å². The second-order valence-corrected chi connectivity index (χ2v) is 7.05. The van der Waals surface area contributed by atoms with Crippen molar-refractivity contribution in [1.29, 1.82) is 0 Å². The summed E-state index contributed by atoms with van der Waals surface area (Å²) in [5.41, 5.74) is 1.59. The zero-order valence-electron chi connectivity index (χ0n) is 13.6.